The largest absolute Gasteiger partial charge is 0.327 e. The second kappa shape index (κ2) is 5.01. The van der Waals surface area contributed by atoms with Gasteiger partial charge in [-0.2, -0.15) is 0 Å². The van der Waals surface area contributed by atoms with Crippen LogP contribution in [0.2, 0.25) is 0 Å². The summed E-state index contributed by atoms with van der Waals surface area (Å²) in [6, 6.07) is 15.8. The molecule has 0 aromatic heterocycles. The molecule has 0 aliphatic carbocycles. The van der Waals surface area contributed by atoms with Crippen LogP contribution in [-0.4, -0.2) is 12.8 Å². The molecule has 0 fully saturated rings. The van der Waals surface area contributed by atoms with Gasteiger partial charge in [0.1, 0.15) is 0 Å². The SMILES string of the molecule is O=CNc1ccc2cc3ccccc3cc2c1NC=O. The van der Waals surface area contributed by atoms with Gasteiger partial charge in [0.2, 0.25) is 12.8 Å². The van der Waals surface area contributed by atoms with Crippen LogP contribution in [0.15, 0.2) is 48.5 Å². The van der Waals surface area contributed by atoms with Gasteiger partial charge in [-0.1, -0.05) is 30.3 Å². The van der Waals surface area contributed by atoms with E-state index in [9.17, 15) is 9.59 Å². The predicted octanol–water partition coefficient (Wildman–Crippen LogP) is 3.13. The lowest BCUT2D eigenvalue weighted by Gasteiger charge is -2.12. The number of anilines is 2. The molecule has 0 heterocycles. The molecule has 0 radical (unpaired) electrons. The van der Waals surface area contributed by atoms with E-state index < -0.39 is 0 Å². The summed E-state index contributed by atoms with van der Waals surface area (Å²) >= 11 is 0. The number of amides is 2. The molecule has 0 unspecified atom stereocenters. The van der Waals surface area contributed by atoms with E-state index in [-0.39, 0.29) is 0 Å². The van der Waals surface area contributed by atoms with Crippen molar-refractivity contribution in [2.24, 2.45) is 0 Å². The summed E-state index contributed by atoms with van der Waals surface area (Å²) in [5, 5.41) is 9.37. The van der Waals surface area contributed by atoms with Crippen LogP contribution in [0.1, 0.15) is 0 Å². The van der Waals surface area contributed by atoms with Crippen molar-refractivity contribution in [1.29, 1.82) is 0 Å². The summed E-state index contributed by atoms with van der Waals surface area (Å²) in [5.74, 6) is 0. The third-order valence-electron chi connectivity index (χ3n) is 3.30. The standard InChI is InChI=1S/C16H12N2O2/c19-9-17-15-6-5-13-7-11-3-1-2-4-12(11)8-14(13)16(15)18-10-20/h1-10H,(H,17,19)(H,18,20). The fraction of sp³-hybridized carbons (Fsp3) is 0. The highest BCUT2D eigenvalue weighted by atomic mass is 16.1. The van der Waals surface area contributed by atoms with E-state index in [4.69, 9.17) is 0 Å². The van der Waals surface area contributed by atoms with Crippen LogP contribution in [0, 0.1) is 0 Å². The first-order chi connectivity index (χ1) is 9.83. The fourth-order valence-electron chi connectivity index (χ4n) is 2.41. The van der Waals surface area contributed by atoms with Gasteiger partial charge >= 0.3 is 0 Å². The van der Waals surface area contributed by atoms with Crippen LogP contribution >= 0.6 is 0 Å². The van der Waals surface area contributed by atoms with Crippen LogP contribution in [0.4, 0.5) is 11.4 Å². The van der Waals surface area contributed by atoms with E-state index in [0.717, 1.165) is 21.5 Å². The lowest BCUT2D eigenvalue weighted by molar-refractivity contribution is -0.106. The molecule has 0 saturated heterocycles. The first-order valence-electron chi connectivity index (χ1n) is 6.19. The number of hydrogen-bond acceptors (Lipinski definition) is 2. The van der Waals surface area contributed by atoms with Crippen molar-refractivity contribution in [2.75, 3.05) is 10.6 Å². The van der Waals surface area contributed by atoms with E-state index in [0.29, 0.717) is 24.2 Å². The summed E-state index contributed by atoms with van der Waals surface area (Å²) < 4.78 is 0. The Balaban J connectivity index is 2.35. The second-order valence-electron chi connectivity index (χ2n) is 4.43. The first kappa shape index (κ1) is 12.2. The van der Waals surface area contributed by atoms with Gasteiger partial charge in [-0.15, -0.1) is 0 Å². The molecule has 0 spiro atoms. The highest BCUT2D eigenvalue weighted by Crippen LogP contribution is 2.33. The van der Waals surface area contributed by atoms with Crippen LogP contribution < -0.4 is 10.6 Å². The molecule has 20 heavy (non-hydrogen) atoms. The lowest BCUT2D eigenvalue weighted by atomic mass is 10.0. The summed E-state index contributed by atoms with van der Waals surface area (Å²) in [4.78, 5) is 21.5. The number of carbonyl (C=O) groups is 2. The normalized spacial score (nSPS) is 10.4. The topological polar surface area (TPSA) is 58.2 Å². The molecule has 3 rings (SSSR count). The monoisotopic (exact) mass is 264 g/mol. The number of rotatable bonds is 4. The van der Waals surface area contributed by atoms with Crippen molar-refractivity contribution >= 4 is 45.7 Å². The summed E-state index contributed by atoms with van der Waals surface area (Å²) in [5.41, 5.74) is 1.19. The number of hydrogen-bond donors (Lipinski definition) is 2. The fourth-order valence-corrected chi connectivity index (χ4v) is 2.41. The molecule has 0 aliphatic heterocycles. The smallest absolute Gasteiger partial charge is 0.211 e. The Bertz CT molecular complexity index is 812. The molecule has 0 saturated carbocycles. The number of fused-ring (bicyclic) bond motifs is 2. The average molecular weight is 264 g/mol. The van der Waals surface area contributed by atoms with E-state index in [1.807, 2.05) is 36.4 Å². The van der Waals surface area contributed by atoms with Crippen molar-refractivity contribution in [3.8, 4) is 0 Å². The van der Waals surface area contributed by atoms with Crippen molar-refractivity contribution in [1.82, 2.24) is 0 Å². The number of benzene rings is 3. The summed E-state index contributed by atoms with van der Waals surface area (Å²) in [6.45, 7) is 0. The summed E-state index contributed by atoms with van der Waals surface area (Å²) in [7, 11) is 0. The van der Waals surface area contributed by atoms with Crippen molar-refractivity contribution < 1.29 is 9.59 Å². The maximum atomic E-state index is 10.8. The van der Waals surface area contributed by atoms with Crippen LogP contribution in [0.25, 0.3) is 21.5 Å². The van der Waals surface area contributed by atoms with E-state index in [2.05, 4.69) is 16.7 Å². The molecule has 0 atom stereocenters. The predicted molar refractivity (Wildman–Crippen MR) is 80.8 cm³/mol. The number of nitrogens with one attached hydrogen (secondary N) is 2. The van der Waals surface area contributed by atoms with Gasteiger partial charge in [-0.25, -0.2) is 0 Å². The molecule has 3 aromatic rings. The number of carbonyl (C=O) groups excluding carboxylic acids is 2. The Hall–Kier alpha value is -2.88. The van der Waals surface area contributed by atoms with Crippen molar-refractivity contribution in [3.05, 3.63) is 48.5 Å². The molecule has 0 bridgehead atoms. The molecular formula is C16H12N2O2. The minimum absolute atomic E-state index is 0.579. The molecule has 2 N–H and O–H groups in total. The van der Waals surface area contributed by atoms with E-state index in [1.165, 1.54) is 0 Å². The molecule has 3 aromatic carbocycles. The summed E-state index contributed by atoms with van der Waals surface area (Å²) in [6.07, 6.45) is 1.21. The Kier molecular flexibility index (Phi) is 3.05. The molecule has 4 heteroatoms. The second-order valence-corrected chi connectivity index (χ2v) is 4.43. The molecule has 2 amide bonds. The molecular weight excluding hydrogens is 252 g/mol. The Labute approximate surface area is 115 Å². The van der Waals surface area contributed by atoms with Gasteiger partial charge in [0.25, 0.3) is 0 Å². The zero-order chi connectivity index (χ0) is 13.9. The van der Waals surface area contributed by atoms with Gasteiger partial charge in [-0.3, -0.25) is 9.59 Å². The third-order valence-corrected chi connectivity index (χ3v) is 3.30. The highest BCUT2D eigenvalue weighted by molar-refractivity contribution is 6.09. The maximum absolute atomic E-state index is 10.8. The van der Waals surface area contributed by atoms with E-state index >= 15 is 0 Å². The van der Waals surface area contributed by atoms with Crippen molar-refractivity contribution in [3.63, 3.8) is 0 Å². The van der Waals surface area contributed by atoms with E-state index in [1.54, 1.807) is 6.07 Å². The Morgan fingerprint density at radius 3 is 2.15 bits per heavy atom. The highest BCUT2D eigenvalue weighted by Gasteiger charge is 2.08. The molecule has 4 nitrogen and oxygen atoms in total. The average Bonchev–Trinajstić information content (AvgIpc) is 2.48. The van der Waals surface area contributed by atoms with Gasteiger partial charge < -0.3 is 10.6 Å². The zero-order valence-corrected chi connectivity index (χ0v) is 10.6. The Morgan fingerprint density at radius 2 is 1.45 bits per heavy atom. The Morgan fingerprint density at radius 1 is 0.750 bits per heavy atom. The van der Waals surface area contributed by atoms with Gasteiger partial charge in [0, 0.05) is 5.39 Å². The quantitative estimate of drug-likeness (QED) is 0.562. The molecule has 0 aliphatic rings. The minimum Gasteiger partial charge on any atom is -0.327 e. The van der Waals surface area contributed by atoms with Gasteiger partial charge in [-0.05, 0) is 34.4 Å². The first-order valence-corrected chi connectivity index (χ1v) is 6.19. The van der Waals surface area contributed by atoms with Crippen molar-refractivity contribution in [2.45, 2.75) is 0 Å². The van der Waals surface area contributed by atoms with Crippen LogP contribution in [0.5, 0.6) is 0 Å². The zero-order valence-electron chi connectivity index (χ0n) is 10.6. The van der Waals surface area contributed by atoms with Gasteiger partial charge in [0.15, 0.2) is 0 Å². The third kappa shape index (κ3) is 1.97. The maximum Gasteiger partial charge on any atom is 0.211 e. The minimum atomic E-state index is 0.579. The molecule has 98 valence electrons. The van der Waals surface area contributed by atoms with Crippen LogP contribution in [0.3, 0.4) is 0 Å². The lowest BCUT2D eigenvalue weighted by Crippen LogP contribution is -2.02. The van der Waals surface area contributed by atoms with Crippen LogP contribution in [-0.2, 0) is 9.59 Å². The van der Waals surface area contributed by atoms with Gasteiger partial charge in [0.05, 0.1) is 11.4 Å².